The Labute approximate surface area is 180 Å². The number of hydrogen-bond donors (Lipinski definition) is 3. The third kappa shape index (κ3) is 5.09. The van der Waals surface area contributed by atoms with Crippen LogP contribution in [-0.2, 0) is 11.2 Å². The summed E-state index contributed by atoms with van der Waals surface area (Å²) in [6.07, 6.45) is 1.16. The highest BCUT2D eigenvalue weighted by Gasteiger charge is 2.11. The number of aromatic nitrogens is 2. The second-order valence-electron chi connectivity index (χ2n) is 7.35. The normalized spacial score (nSPS) is 11.2. The van der Waals surface area contributed by atoms with Gasteiger partial charge in [-0.25, -0.2) is 10.4 Å². The van der Waals surface area contributed by atoms with Gasteiger partial charge < -0.3 is 15.0 Å². The van der Waals surface area contributed by atoms with Crippen LogP contribution in [0.3, 0.4) is 0 Å². The predicted octanol–water partition coefficient (Wildman–Crippen LogP) is 2.78. The summed E-state index contributed by atoms with van der Waals surface area (Å²) in [4.78, 5) is 33.7. The van der Waals surface area contributed by atoms with Crippen molar-refractivity contribution in [3.63, 3.8) is 0 Å². The van der Waals surface area contributed by atoms with Crippen LogP contribution >= 0.6 is 0 Å². The number of aryl methyl sites for hydroxylation is 2. The molecule has 0 aliphatic heterocycles. The van der Waals surface area contributed by atoms with Crippen molar-refractivity contribution in [1.29, 1.82) is 0 Å². The molecule has 31 heavy (non-hydrogen) atoms. The number of hydrazone groups is 1. The Morgan fingerprint density at radius 1 is 1.19 bits per heavy atom. The van der Waals surface area contributed by atoms with E-state index < -0.39 is 11.5 Å². The summed E-state index contributed by atoms with van der Waals surface area (Å²) < 4.78 is 0. The molecule has 0 aliphatic rings. The molecule has 0 unspecified atom stereocenters. The van der Waals surface area contributed by atoms with Gasteiger partial charge in [0.05, 0.1) is 23.7 Å². The second-order valence-corrected chi connectivity index (χ2v) is 7.35. The largest absolute Gasteiger partial charge is 0.507 e. The number of nitrogens with zero attached hydrogens (tertiary/aromatic N) is 3. The molecule has 0 saturated heterocycles. The molecule has 8 nitrogen and oxygen atoms in total. The van der Waals surface area contributed by atoms with Gasteiger partial charge in [0.15, 0.2) is 0 Å². The summed E-state index contributed by atoms with van der Waals surface area (Å²) in [6.45, 7) is 9.68. The number of carbonyl (C=O) groups is 1. The molecule has 3 N–H and O–H groups in total. The minimum absolute atomic E-state index is 0.0701. The number of anilines is 1. The van der Waals surface area contributed by atoms with Gasteiger partial charge in [0.25, 0.3) is 5.56 Å². The van der Waals surface area contributed by atoms with Crippen molar-refractivity contribution >= 4 is 28.8 Å². The second kappa shape index (κ2) is 9.42. The fourth-order valence-electron chi connectivity index (χ4n) is 3.30. The molecule has 0 atom stereocenters. The summed E-state index contributed by atoms with van der Waals surface area (Å²) in [6, 6.07) is 9.03. The molecule has 3 rings (SSSR count). The molecule has 0 saturated carbocycles. The monoisotopic (exact) mass is 421 g/mol. The van der Waals surface area contributed by atoms with Crippen molar-refractivity contribution in [3.8, 4) is 5.75 Å². The molecule has 3 aromatic rings. The number of aromatic amines is 1. The lowest BCUT2D eigenvalue weighted by atomic mass is 10.1. The Balaban J connectivity index is 1.69. The van der Waals surface area contributed by atoms with E-state index in [9.17, 15) is 14.7 Å². The molecule has 0 aliphatic carbocycles. The zero-order valence-electron chi connectivity index (χ0n) is 18.2. The standard InChI is InChI=1S/C23H27N5O3/c1-5-28(6-2)17-8-7-16(21(29)11-17)13-24-27-22(30)12-20-23(31)26-19-10-15(4)14(3)9-18(19)25-20/h7-11,13,29H,5-6,12H2,1-4H3,(H,26,31)(H,27,30). The Hall–Kier alpha value is -3.68. The lowest BCUT2D eigenvalue weighted by Crippen LogP contribution is -2.25. The lowest BCUT2D eigenvalue weighted by Gasteiger charge is -2.21. The first-order valence-electron chi connectivity index (χ1n) is 10.2. The van der Waals surface area contributed by atoms with Gasteiger partial charge in [-0.05, 0) is 63.1 Å². The third-order valence-electron chi connectivity index (χ3n) is 5.24. The van der Waals surface area contributed by atoms with Crippen molar-refractivity contribution in [1.82, 2.24) is 15.4 Å². The number of benzene rings is 2. The first-order valence-corrected chi connectivity index (χ1v) is 10.2. The minimum Gasteiger partial charge on any atom is -0.507 e. The number of rotatable bonds is 7. The van der Waals surface area contributed by atoms with Crippen LogP contribution in [0.15, 0.2) is 40.2 Å². The number of amides is 1. The van der Waals surface area contributed by atoms with E-state index in [0.29, 0.717) is 16.6 Å². The maximum Gasteiger partial charge on any atom is 0.270 e. The molecule has 162 valence electrons. The van der Waals surface area contributed by atoms with Gasteiger partial charge in [-0.3, -0.25) is 9.59 Å². The Morgan fingerprint density at radius 2 is 1.90 bits per heavy atom. The molecule has 1 amide bonds. The summed E-state index contributed by atoms with van der Waals surface area (Å²) in [7, 11) is 0. The van der Waals surface area contributed by atoms with Crippen LogP contribution < -0.4 is 15.9 Å². The van der Waals surface area contributed by atoms with Gasteiger partial charge in [0, 0.05) is 30.4 Å². The molecule has 0 spiro atoms. The molecule has 0 radical (unpaired) electrons. The number of hydrogen-bond acceptors (Lipinski definition) is 6. The highest BCUT2D eigenvalue weighted by atomic mass is 16.3. The van der Waals surface area contributed by atoms with Crippen molar-refractivity contribution in [2.45, 2.75) is 34.1 Å². The van der Waals surface area contributed by atoms with E-state index in [-0.39, 0.29) is 17.9 Å². The van der Waals surface area contributed by atoms with Crippen LogP contribution in [0.2, 0.25) is 0 Å². The highest BCUT2D eigenvalue weighted by molar-refractivity contribution is 5.86. The van der Waals surface area contributed by atoms with Gasteiger partial charge in [-0.15, -0.1) is 0 Å². The molecule has 2 aromatic carbocycles. The number of phenols is 1. The van der Waals surface area contributed by atoms with Gasteiger partial charge in [0.1, 0.15) is 11.4 Å². The van der Waals surface area contributed by atoms with Gasteiger partial charge in [-0.1, -0.05) is 0 Å². The Kier molecular flexibility index (Phi) is 6.69. The smallest absolute Gasteiger partial charge is 0.270 e. The molecule has 1 aromatic heterocycles. The Bertz CT molecular complexity index is 1200. The fraction of sp³-hybridized carbons (Fsp3) is 0.304. The van der Waals surface area contributed by atoms with Gasteiger partial charge in [-0.2, -0.15) is 5.10 Å². The molecular formula is C23H27N5O3. The molecule has 0 fully saturated rings. The number of phenolic OH excluding ortho intramolecular Hbond substituents is 1. The van der Waals surface area contributed by atoms with E-state index >= 15 is 0 Å². The van der Waals surface area contributed by atoms with Crippen LogP contribution in [0.1, 0.15) is 36.2 Å². The van der Waals surface area contributed by atoms with Gasteiger partial charge in [0.2, 0.25) is 5.91 Å². The predicted molar refractivity (Wildman–Crippen MR) is 123 cm³/mol. The van der Waals surface area contributed by atoms with Crippen LogP contribution in [0, 0.1) is 13.8 Å². The van der Waals surface area contributed by atoms with E-state index in [1.165, 1.54) is 6.21 Å². The third-order valence-corrected chi connectivity index (χ3v) is 5.24. The van der Waals surface area contributed by atoms with Crippen LogP contribution in [-0.4, -0.2) is 40.3 Å². The summed E-state index contributed by atoms with van der Waals surface area (Å²) in [5.74, 6) is -0.405. The number of aromatic hydroxyl groups is 1. The van der Waals surface area contributed by atoms with E-state index in [4.69, 9.17) is 0 Å². The van der Waals surface area contributed by atoms with Crippen molar-refractivity contribution in [3.05, 3.63) is 63.1 Å². The first-order chi connectivity index (χ1) is 14.8. The number of nitrogens with one attached hydrogen (secondary N) is 2. The minimum atomic E-state index is -0.475. The average Bonchev–Trinajstić information content (AvgIpc) is 2.72. The number of H-pyrrole nitrogens is 1. The fourth-order valence-corrected chi connectivity index (χ4v) is 3.30. The van der Waals surface area contributed by atoms with Gasteiger partial charge >= 0.3 is 0 Å². The zero-order chi connectivity index (χ0) is 22.5. The SMILES string of the molecule is CCN(CC)c1ccc(C=NNC(=O)Cc2nc3cc(C)c(C)cc3[nH]c2=O)c(O)c1. The van der Waals surface area contributed by atoms with Crippen LogP contribution in [0.4, 0.5) is 5.69 Å². The summed E-state index contributed by atoms with van der Waals surface area (Å²) >= 11 is 0. The van der Waals surface area contributed by atoms with Crippen molar-refractivity contribution < 1.29 is 9.90 Å². The molecule has 8 heteroatoms. The maximum atomic E-state index is 12.3. The number of carbonyl (C=O) groups excluding carboxylic acids is 1. The van der Waals surface area contributed by atoms with Crippen molar-refractivity contribution in [2.75, 3.05) is 18.0 Å². The topological polar surface area (TPSA) is 111 Å². The molecular weight excluding hydrogens is 394 g/mol. The van der Waals surface area contributed by atoms with E-state index in [2.05, 4.69) is 25.4 Å². The van der Waals surface area contributed by atoms with Crippen molar-refractivity contribution in [2.24, 2.45) is 5.10 Å². The highest BCUT2D eigenvalue weighted by Crippen LogP contribution is 2.23. The van der Waals surface area contributed by atoms with E-state index in [0.717, 1.165) is 29.9 Å². The average molecular weight is 422 g/mol. The quantitative estimate of drug-likeness (QED) is 0.401. The molecule has 0 bridgehead atoms. The van der Waals surface area contributed by atoms with Crippen LogP contribution in [0.25, 0.3) is 11.0 Å². The maximum absolute atomic E-state index is 12.3. The summed E-state index contributed by atoms with van der Waals surface area (Å²) in [5, 5.41) is 14.1. The Morgan fingerprint density at radius 3 is 2.58 bits per heavy atom. The van der Waals surface area contributed by atoms with Crippen LogP contribution in [0.5, 0.6) is 5.75 Å². The lowest BCUT2D eigenvalue weighted by molar-refractivity contribution is -0.120. The van der Waals surface area contributed by atoms with E-state index in [1.807, 2.05) is 45.9 Å². The molecule has 1 heterocycles. The summed E-state index contributed by atoms with van der Waals surface area (Å²) in [5.41, 5.74) is 6.86. The zero-order valence-corrected chi connectivity index (χ0v) is 18.2. The van der Waals surface area contributed by atoms with E-state index in [1.54, 1.807) is 12.1 Å². The first kappa shape index (κ1) is 22.0. The number of fused-ring (bicyclic) bond motifs is 1.